The van der Waals surface area contributed by atoms with E-state index in [9.17, 15) is 4.79 Å². The van der Waals surface area contributed by atoms with Crippen LogP contribution in [0.4, 0.5) is 0 Å². The van der Waals surface area contributed by atoms with E-state index in [-0.39, 0.29) is 5.91 Å². The number of carbonyl (C=O) groups is 1. The molecule has 0 bridgehead atoms. The van der Waals surface area contributed by atoms with Gasteiger partial charge in [-0.25, -0.2) is 0 Å². The lowest BCUT2D eigenvalue weighted by Crippen LogP contribution is -2.13. The van der Waals surface area contributed by atoms with Gasteiger partial charge in [-0.2, -0.15) is 0 Å². The molecule has 0 radical (unpaired) electrons. The Hall–Kier alpha value is -2.17. The second kappa shape index (κ2) is 6.54. The molecule has 5 heteroatoms. The molecular formula is C13H17NO4. The van der Waals surface area contributed by atoms with Crippen molar-refractivity contribution < 1.29 is 19.0 Å². The molecule has 0 atom stereocenters. The molecule has 0 aliphatic carbocycles. The first-order valence-electron chi connectivity index (χ1n) is 5.36. The van der Waals surface area contributed by atoms with Crippen molar-refractivity contribution in [2.75, 3.05) is 28.4 Å². The number of nitrogens with one attached hydrogen (secondary N) is 1. The highest BCUT2D eigenvalue weighted by atomic mass is 16.5. The van der Waals surface area contributed by atoms with Crippen LogP contribution in [-0.4, -0.2) is 34.3 Å². The maximum atomic E-state index is 11.2. The summed E-state index contributed by atoms with van der Waals surface area (Å²) in [7, 11) is 6.19. The van der Waals surface area contributed by atoms with Crippen molar-refractivity contribution in [2.45, 2.75) is 0 Å². The number of hydrogen-bond acceptors (Lipinski definition) is 4. The third-order valence-electron chi connectivity index (χ3n) is 2.40. The minimum Gasteiger partial charge on any atom is -0.493 e. The molecule has 0 saturated carbocycles. The zero-order valence-electron chi connectivity index (χ0n) is 10.9. The number of likely N-dealkylation sites (N-methyl/N-ethyl adjacent to an activating group) is 1. The van der Waals surface area contributed by atoms with Crippen LogP contribution in [0.25, 0.3) is 6.08 Å². The SMILES string of the molecule is CNC(=O)C=Cc1ccc(OC)c(OC)c1OC. The molecule has 0 spiro atoms. The molecule has 5 nitrogen and oxygen atoms in total. The standard InChI is InChI=1S/C13H17NO4/c1-14-11(15)8-6-9-5-7-10(16-2)13(18-4)12(9)17-3/h5-8H,1-4H3,(H,14,15). The van der Waals surface area contributed by atoms with Crippen LogP contribution in [0.2, 0.25) is 0 Å². The Morgan fingerprint density at radius 3 is 2.28 bits per heavy atom. The Morgan fingerprint density at radius 1 is 1.11 bits per heavy atom. The molecule has 1 rings (SSSR count). The minimum absolute atomic E-state index is 0.188. The first kappa shape index (κ1) is 13.9. The predicted molar refractivity (Wildman–Crippen MR) is 69.2 cm³/mol. The van der Waals surface area contributed by atoms with Gasteiger partial charge in [0.1, 0.15) is 0 Å². The van der Waals surface area contributed by atoms with Crippen molar-refractivity contribution in [3.8, 4) is 17.2 Å². The lowest BCUT2D eigenvalue weighted by Gasteiger charge is -2.13. The summed E-state index contributed by atoms with van der Waals surface area (Å²) in [6.45, 7) is 0. The van der Waals surface area contributed by atoms with E-state index in [0.29, 0.717) is 17.2 Å². The fraction of sp³-hybridized carbons (Fsp3) is 0.308. The van der Waals surface area contributed by atoms with Crippen molar-refractivity contribution in [1.82, 2.24) is 5.32 Å². The first-order chi connectivity index (χ1) is 8.67. The van der Waals surface area contributed by atoms with Gasteiger partial charge in [0.05, 0.1) is 21.3 Å². The average Bonchev–Trinajstić information content (AvgIpc) is 2.43. The molecular weight excluding hydrogens is 234 g/mol. The van der Waals surface area contributed by atoms with Gasteiger partial charge in [0, 0.05) is 18.7 Å². The van der Waals surface area contributed by atoms with E-state index >= 15 is 0 Å². The number of carbonyl (C=O) groups excluding carboxylic acids is 1. The summed E-state index contributed by atoms with van der Waals surface area (Å²) in [5, 5.41) is 2.50. The van der Waals surface area contributed by atoms with Crippen LogP contribution in [0.1, 0.15) is 5.56 Å². The van der Waals surface area contributed by atoms with E-state index in [2.05, 4.69) is 5.32 Å². The molecule has 98 valence electrons. The molecule has 0 fully saturated rings. The number of rotatable bonds is 5. The second-order valence-corrected chi connectivity index (χ2v) is 3.37. The molecule has 18 heavy (non-hydrogen) atoms. The van der Waals surface area contributed by atoms with E-state index in [1.165, 1.54) is 20.3 Å². The maximum absolute atomic E-state index is 11.2. The Kier molecular flexibility index (Phi) is 5.05. The molecule has 0 aromatic heterocycles. The van der Waals surface area contributed by atoms with Gasteiger partial charge in [-0.15, -0.1) is 0 Å². The highest BCUT2D eigenvalue weighted by Gasteiger charge is 2.14. The van der Waals surface area contributed by atoms with Crippen LogP contribution in [0.15, 0.2) is 18.2 Å². The van der Waals surface area contributed by atoms with Crippen molar-refractivity contribution in [3.63, 3.8) is 0 Å². The highest BCUT2D eigenvalue weighted by molar-refractivity contribution is 5.92. The van der Waals surface area contributed by atoms with Crippen LogP contribution in [0, 0.1) is 0 Å². The summed E-state index contributed by atoms with van der Waals surface area (Å²) < 4.78 is 15.7. The van der Waals surface area contributed by atoms with E-state index in [4.69, 9.17) is 14.2 Å². The zero-order chi connectivity index (χ0) is 13.5. The fourth-order valence-corrected chi connectivity index (χ4v) is 1.50. The molecule has 0 heterocycles. The average molecular weight is 251 g/mol. The maximum Gasteiger partial charge on any atom is 0.243 e. The summed E-state index contributed by atoms with van der Waals surface area (Å²) >= 11 is 0. The largest absolute Gasteiger partial charge is 0.493 e. The van der Waals surface area contributed by atoms with Gasteiger partial charge < -0.3 is 19.5 Å². The van der Waals surface area contributed by atoms with E-state index < -0.39 is 0 Å². The Bertz CT molecular complexity index is 455. The zero-order valence-corrected chi connectivity index (χ0v) is 10.9. The highest BCUT2D eigenvalue weighted by Crippen LogP contribution is 2.40. The molecule has 1 N–H and O–H groups in total. The van der Waals surface area contributed by atoms with Crippen LogP contribution in [0.5, 0.6) is 17.2 Å². The molecule has 0 aliphatic rings. The fourth-order valence-electron chi connectivity index (χ4n) is 1.50. The molecule has 0 aliphatic heterocycles. The van der Waals surface area contributed by atoms with Crippen molar-refractivity contribution >= 4 is 12.0 Å². The lowest BCUT2D eigenvalue weighted by molar-refractivity contribution is -0.115. The van der Waals surface area contributed by atoms with Gasteiger partial charge in [-0.05, 0) is 18.2 Å². The van der Waals surface area contributed by atoms with Gasteiger partial charge >= 0.3 is 0 Å². The summed E-state index contributed by atoms with van der Waals surface area (Å²) in [4.78, 5) is 11.2. The Morgan fingerprint density at radius 2 is 1.78 bits per heavy atom. The first-order valence-corrected chi connectivity index (χ1v) is 5.36. The Labute approximate surface area is 106 Å². The second-order valence-electron chi connectivity index (χ2n) is 3.37. The number of methoxy groups -OCH3 is 3. The molecule has 1 aromatic carbocycles. The van der Waals surface area contributed by atoms with Gasteiger partial charge in [0.25, 0.3) is 0 Å². The predicted octanol–water partition coefficient (Wildman–Crippen LogP) is 1.47. The summed E-state index contributed by atoms with van der Waals surface area (Å²) in [5.74, 6) is 1.41. The number of amides is 1. The van der Waals surface area contributed by atoms with Crippen LogP contribution >= 0.6 is 0 Å². The smallest absolute Gasteiger partial charge is 0.243 e. The third-order valence-corrected chi connectivity index (χ3v) is 2.40. The number of ether oxygens (including phenoxy) is 3. The molecule has 1 aromatic rings. The van der Waals surface area contributed by atoms with Gasteiger partial charge in [0.2, 0.25) is 11.7 Å². The van der Waals surface area contributed by atoms with Crippen molar-refractivity contribution in [1.29, 1.82) is 0 Å². The lowest BCUT2D eigenvalue weighted by atomic mass is 10.1. The van der Waals surface area contributed by atoms with E-state index in [1.807, 2.05) is 0 Å². The quantitative estimate of drug-likeness (QED) is 0.805. The minimum atomic E-state index is -0.188. The topological polar surface area (TPSA) is 56.8 Å². The van der Waals surface area contributed by atoms with Crippen LogP contribution < -0.4 is 19.5 Å². The van der Waals surface area contributed by atoms with Crippen molar-refractivity contribution in [3.05, 3.63) is 23.8 Å². The van der Waals surface area contributed by atoms with Crippen molar-refractivity contribution in [2.24, 2.45) is 0 Å². The van der Waals surface area contributed by atoms with Gasteiger partial charge in [-0.3, -0.25) is 4.79 Å². The van der Waals surface area contributed by atoms with Gasteiger partial charge in [-0.1, -0.05) is 0 Å². The normalized spacial score (nSPS) is 10.2. The summed E-state index contributed by atoms with van der Waals surface area (Å²) in [5.41, 5.74) is 0.735. The monoisotopic (exact) mass is 251 g/mol. The van der Waals surface area contributed by atoms with Crippen LogP contribution in [0.3, 0.4) is 0 Å². The van der Waals surface area contributed by atoms with E-state index in [1.54, 1.807) is 32.4 Å². The number of hydrogen-bond donors (Lipinski definition) is 1. The Balaban J connectivity index is 3.20. The molecule has 1 amide bonds. The third kappa shape index (κ3) is 2.94. The van der Waals surface area contributed by atoms with E-state index in [0.717, 1.165) is 5.56 Å². The molecule has 0 saturated heterocycles. The number of benzene rings is 1. The summed E-state index contributed by atoms with van der Waals surface area (Å²) in [6, 6.07) is 3.55. The van der Waals surface area contributed by atoms with Gasteiger partial charge in [0.15, 0.2) is 11.5 Å². The van der Waals surface area contributed by atoms with Crippen LogP contribution in [-0.2, 0) is 4.79 Å². The molecule has 0 unspecified atom stereocenters. The summed E-state index contributed by atoms with van der Waals surface area (Å²) in [6.07, 6.45) is 3.07.